The van der Waals surface area contributed by atoms with E-state index in [4.69, 9.17) is 4.42 Å². The van der Waals surface area contributed by atoms with Crippen molar-refractivity contribution in [2.45, 2.75) is 27.2 Å². The molecule has 2 aromatic carbocycles. The average Bonchev–Trinajstić information content (AvgIpc) is 2.85. The zero-order valence-electron chi connectivity index (χ0n) is 11.8. The summed E-state index contributed by atoms with van der Waals surface area (Å²) in [6, 6.07) is 18.7. The molecule has 0 radical (unpaired) electrons. The quantitative estimate of drug-likeness (QED) is 0.531. The lowest BCUT2D eigenvalue weighted by atomic mass is 10.0. The molecule has 1 aromatic heterocycles. The Hall–Kier alpha value is -2.02. The van der Waals surface area contributed by atoms with Crippen LogP contribution in [0.1, 0.15) is 26.0 Å². The van der Waals surface area contributed by atoms with Crippen LogP contribution < -0.4 is 0 Å². The van der Waals surface area contributed by atoms with Crippen LogP contribution in [0.25, 0.3) is 22.1 Å². The van der Waals surface area contributed by atoms with E-state index in [1.807, 2.05) is 19.1 Å². The van der Waals surface area contributed by atoms with Crippen LogP contribution in [0.5, 0.6) is 0 Å². The Kier molecular flexibility index (Phi) is 4.40. The Balaban J connectivity index is 0.000000408. The molecule has 0 saturated carbocycles. The van der Waals surface area contributed by atoms with E-state index in [9.17, 15) is 0 Å². The summed E-state index contributed by atoms with van der Waals surface area (Å²) in [6.07, 6.45) is 1.25. The van der Waals surface area contributed by atoms with E-state index in [0.29, 0.717) is 0 Å². The van der Waals surface area contributed by atoms with Gasteiger partial charge in [-0.25, -0.2) is 0 Å². The molecule has 0 saturated heterocycles. The fraction of sp³-hybridized carbons (Fsp3) is 0.222. The molecule has 3 aromatic rings. The first-order chi connectivity index (χ1) is 9.26. The molecule has 0 N–H and O–H groups in total. The summed E-state index contributed by atoms with van der Waals surface area (Å²) in [5.74, 6) is 1.89. The molecular formula is C18H20O. The Morgan fingerprint density at radius 3 is 2.21 bits per heavy atom. The third-order valence-corrected chi connectivity index (χ3v) is 2.80. The number of fused-ring (bicyclic) bond motifs is 1. The van der Waals surface area contributed by atoms with Crippen molar-refractivity contribution >= 4 is 10.8 Å². The molecule has 1 heteroatoms. The molecule has 0 bridgehead atoms. The minimum Gasteiger partial charge on any atom is -0.461 e. The van der Waals surface area contributed by atoms with Gasteiger partial charge >= 0.3 is 0 Å². The molecule has 1 heterocycles. The van der Waals surface area contributed by atoms with Gasteiger partial charge in [-0.15, -0.1) is 0 Å². The highest BCUT2D eigenvalue weighted by Gasteiger charge is 2.05. The molecule has 0 amide bonds. The number of furan rings is 1. The average molecular weight is 252 g/mol. The van der Waals surface area contributed by atoms with Gasteiger partial charge in [-0.05, 0) is 29.8 Å². The number of hydrogen-bond donors (Lipinski definition) is 0. The third-order valence-electron chi connectivity index (χ3n) is 2.80. The Morgan fingerprint density at radius 2 is 1.53 bits per heavy atom. The molecule has 0 fully saturated rings. The predicted molar refractivity (Wildman–Crippen MR) is 82.4 cm³/mol. The van der Waals surface area contributed by atoms with Crippen molar-refractivity contribution in [1.82, 2.24) is 0 Å². The third kappa shape index (κ3) is 3.05. The smallest absolute Gasteiger partial charge is 0.134 e. The molecule has 0 unspecified atom stereocenters. The highest BCUT2D eigenvalue weighted by Crippen LogP contribution is 2.29. The van der Waals surface area contributed by atoms with Crippen LogP contribution in [0.4, 0.5) is 0 Å². The van der Waals surface area contributed by atoms with Crippen molar-refractivity contribution < 1.29 is 4.42 Å². The molecule has 0 aliphatic carbocycles. The van der Waals surface area contributed by atoms with E-state index in [1.54, 1.807) is 0 Å². The summed E-state index contributed by atoms with van der Waals surface area (Å²) >= 11 is 0. The fourth-order valence-corrected chi connectivity index (χ4v) is 2.02. The normalized spacial score (nSPS) is 10.1. The van der Waals surface area contributed by atoms with E-state index in [1.165, 1.54) is 17.2 Å². The maximum absolute atomic E-state index is 5.68. The van der Waals surface area contributed by atoms with Gasteiger partial charge in [0, 0.05) is 5.56 Å². The molecular weight excluding hydrogens is 232 g/mol. The minimum atomic E-state index is 0.939. The Labute approximate surface area is 114 Å². The topological polar surface area (TPSA) is 13.1 Å². The molecule has 0 aliphatic heterocycles. The van der Waals surface area contributed by atoms with Gasteiger partial charge in [-0.1, -0.05) is 62.7 Å². The maximum atomic E-state index is 5.68. The molecule has 3 rings (SSSR count). The lowest BCUT2D eigenvalue weighted by molar-refractivity contribution is 0.549. The van der Waals surface area contributed by atoms with Gasteiger partial charge in [-0.3, -0.25) is 0 Å². The van der Waals surface area contributed by atoms with Crippen molar-refractivity contribution in [3.63, 3.8) is 0 Å². The molecule has 98 valence electrons. The summed E-state index contributed by atoms with van der Waals surface area (Å²) in [5, 5.41) is 2.48. The van der Waals surface area contributed by atoms with Gasteiger partial charge < -0.3 is 4.42 Å². The largest absolute Gasteiger partial charge is 0.461 e. The number of benzene rings is 2. The lowest BCUT2D eigenvalue weighted by Gasteiger charge is -2.03. The van der Waals surface area contributed by atoms with Crippen molar-refractivity contribution in [2.75, 3.05) is 0 Å². The highest BCUT2D eigenvalue weighted by atomic mass is 16.3. The standard InChI is InChI=1S/C15H12O.C3H8/c1-11-9-10-15(16-11)14-8-4-6-12-5-2-3-7-13(12)14;1-3-2/h2-10H,1H3;3H2,1-2H3. The molecule has 0 spiro atoms. The summed E-state index contributed by atoms with van der Waals surface area (Å²) in [5.41, 5.74) is 1.16. The first kappa shape index (κ1) is 13.4. The van der Waals surface area contributed by atoms with E-state index in [-0.39, 0.29) is 0 Å². The maximum Gasteiger partial charge on any atom is 0.134 e. The van der Waals surface area contributed by atoms with E-state index >= 15 is 0 Å². The van der Waals surface area contributed by atoms with E-state index in [2.05, 4.69) is 56.3 Å². The SMILES string of the molecule is CCC.Cc1ccc(-c2cccc3ccccc23)o1. The van der Waals surface area contributed by atoms with Crippen LogP contribution in [0.3, 0.4) is 0 Å². The second-order valence-corrected chi connectivity index (χ2v) is 4.64. The predicted octanol–water partition coefficient (Wildman–Crippen LogP) is 5.82. The van der Waals surface area contributed by atoms with Gasteiger partial charge in [0.05, 0.1) is 0 Å². The second-order valence-electron chi connectivity index (χ2n) is 4.64. The molecule has 0 atom stereocenters. The van der Waals surface area contributed by atoms with Crippen molar-refractivity contribution in [1.29, 1.82) is 0 Å². The lowest BCUT2D eigenvalue weighted by Crippen LogP contribution is -1.78. The number of aryl methyl sites for hydroxylation is 1. The van der Waals surface area contributed by atoms with E-state index < -0.39 is 0 Å². The number of hydrogen-bond acceptors (Lipinski definition) is 1. The molecule has 19 heavy (non-hydrogen) atoms. The second kappa shape index (κ2) is 6.24. The monoisotopic (exact) mass is 252 g/mol. The van der Waals surface area contributed by atoms with Crippen molar-refractivity contribution in [2.24, 2.45) is 0 Å². The number of rotatable bonds is 1. The summed E-state index contributed by atoms with van der Waals surface area (Å²) in [7, 11) is 0. The first-order valence-electron chi connectivity index (χ1n) is 6.80. The first-order valence-corrected chi connectivity index (χ1v) is 6.80. The summed E-state index contributed by atoms with van der Waals surface area (Å²) in [6.45, 7) is 6.22. The van der Waals surface area contributed by atoms with Gasteiger partial charge in [0.2, 0.25) is 0 Å². The minimum absolute atomic E-state index is 0.939. The van der Waals surface area contributed by atoms with Crippen molar-refractivity contribution in [3.8, 4) is 11.3 Å². The van der Waals surface area contributed by atoms with Crippen molar-refractivity contribution in [3.05, 3.63) is 60.4 Å². The van der Waals surface area contributed by atoms with Gasteiger partial charge in [-0.2, -0.15) is 0 Å². The fourth-order valence-electron chi connectivity index (χ4n) is 2.02. The van der Waals surface area contributed by atoms with Gasteiger partial charge in [0.1, 0.15) is 11.5 Å². The van der Waals surface area contributed by atoms with Gasteiger partial charge in [0.25, 0.3) is 0 Å². The van der Waals surface area contributed by atoms with Crippen LogP contribution in [-0.2, 0) is 0 Å². The van der Waals surface area contributed by atoms with Crippen LogP contribution in [0.2, 0.25) is 0 Å². The molecule has 1 nitrogen and oxygen atoms in total. The van der Waals surface area contributed by atoms with E-state index in [0.717, 1.165) is 17.1 Å². The van der Waals surface area contributed by atoms with Crippen LogP contribution >= 0.6 is 0 Å². The van der Waals surface area contributed by atoms with Crippen LogP contribution in [0.15, 0.2) is 59.0 Å². The van der Waals surface area contributed by atoms with Gasteiger partial charge in [0.15, 0.2) is 0 Å². The van der Waals surface area contributed by atoms with Crippen LogP contribution in [-0.4, -0.2) is 0 Å². The highest BCUT2D eigenvalue weighted by molar-refractivity contribution is 5.95. The summed E-state index contributed by atoms with van der Waals surface area (Å²) in [4.78, 5) is 0. The summed E-state index contributed by atoms with van der Waals surface area (Å²) < 4.78 is 5.68. The zero-order valence-corrected chi connectivity index (χ0v) is 11.8. The van der Waals surface area contributed by atoms with Crippen LogP contribution in [0, 0.1) is 6.92 Å². The molecule has 0 aliphatic rings. The Bertz CT molecular complexity index is 644. The Morgan fingerprint density at radius 1 is 0.842 bits per heavy atom. The zero-order chi connectivity index (χ0) is 13.7.